The lowest BCUT2D eigenvalue weighted by Gasteiger charge is -2.10. The van der Waals surface area contributed by atoms with Crippen LogP contribution in [0.25, 0.3) is 43.6 Å². The number of pyridine rings is 2. The maximum atomic E-state index is 13.2. The van der Waals surface area contributed by atoms with Gasteiger partial charge in [-0.3, -0.25) is 14.1 Å². The molecule has 7 nitrogen and oxygen atoms in total. The Balaban J connectivity index is 2.01. The Labute approximate surface area is 169 Å². The van der Waals surface area contributed by atoms with E-state index in [1.165, 1.54) is 12.1 Å². The summed E-state index contributed by atoms with van der Waals surface area (Å²) in [5, 5.41) is 1.10. The van der Waals surface area contributed by atoms with E-state index in [9.17, 15) is 22.6 Å². The topological polar surface area (TPSA) is 120 Å². The number of aryl methyl sites for hydroxylation is 2. The molecular weight excluding hydrogens is 404 g/mol. The Hall–Kier alpha value is -3.49. The van der Waals surface area contributed by atoms with Gasteiger partial charge in [0.25, 0.3) is 10.1 Å². The summed E-state index contributed by atoms with van der Waals surface area (Å²) in [6.07, 6.45) is 0. The molecule has 2 aromatic heterocycles. The quantitative estimate of drug-likeness (QED) is 0.283. The van der Waals surface area contributed by atoms with Crippen molar-refractivity contribution in [3.05, 3.63) is 74.0 Å². The average Bonchev–Trinajstić information content (AvgIpc) is 2.66. The van der Waals surface area contributed by atoms with Crippen molar-refractivity contribution in [2.45, 2.75) is 18.7 Å². The van der Waals surface area contributed by atoms with Gasteiger partial charge in [0, 0.05) is 16.2 Å². The number of aromatic amines is 2. The SMILES string of the molecule is Cc1cc(C)c2c(=O)c3cc4[nH]c5cccc(S(=O)(=O)O)c5c(=O)c4cc3[nH]c2c1. The van der Waals surface area contributed by atoms with Crippen molar-refractivity contribution >= 4 is 53.7 Å². The van der Waals surface area contributed by atoms with Gasteiger partial charge in [0.15, 0.2) is 10.9 Å². The Bertz CT molecular complexity index is 1780. The summed E-state index contributed by atoms with van der Waals surface area (Å²) in [6.45, 7) is 3.81. The van der Waals surface area contributed by atoms with Gasteiger partial charge in [-0.15, -0.1) is 0 Å². The third kappa shape index (κ3) is 2.58. The number of nitrogens with one attached hydrogen (secondary N) is 2. The van der Waals surface area contributed by atoms with E-state index in [0.717, 1.165) is 11.1 Å². The first-order valence-electron chi connectivity index (χ1n) is 9.18. The highest BCUT2D eigenvalue weighted by molar-refractivity contribution is 7.86. The van der Waals surface area contributed by atoms with Crippen LogP contribution in [0.4, 0.5) is 0 Å². The van der Waals surface area contributed by atoms with Crippen molar-refractivity contribution in [1.82, 2.24) is 9.97 Å². The minimum Gasteiger partial charge on any atom is -0.354 e. The molecule has 5 aromatic rings. The fraction of sp³-hybridized carbons (Fsp3) is 0.0909. The molecule has 0 unspecified atom stereocenters. The normalized spacial score (nSPS) is 12.4. The molecule has 0 radical (unpaired) electrons. The molecule has 3 aromatic carbocycles. The van der Waals surface area contributed by atoms with Gasteiger partial charge in [-0.05, 0) is 55.3 Å². The van der Waals surface area contributed by atoms with Crippen LogP contribution in [-0.2, 0) is 10.1 Å². The van der Waals surface area contributed by atoms with Gasteiger partial charge >= 0.3 is 0 Å². The fourth-order valence-corrected chi connectivity index (χ4v) is 4.90. The van der Waals surface area contributed by atoms with Crippen molar-refractivity contribution < 1.29 is 13.0 Å². The second-order valence-corrected chi connectivity index (χ2v) is 8.90. The minimum atomic E-state index is -4.59. The van der Waals surface area contributed by atoms with E-state index in [1.54, 1.807) is 18.2 Å². The Kier molecular flexibility index (Phi) is 3.71. The number of fused-ring (bicyclic) bond motifs is 4. The van der Waals surface area contributed by atoms with Crippen LogP contribution in [0.3, 0.4) is 0 Å². The summed E-state index contributed by atoms with van der Waals surface area (Å²) >= 11 is 0. The summed E-state index contributed by atoms with van der Waals surface area (Å²) in [7, 11) is -4.59. The number of H-pyrrole nitrogens is 2. The van der Waals surface area contributed by atoms with Crippen LogP contribution in [0.2, 0.25) is 0 Å². The molecule has 0 saturated carbocycles. The van der Waals surface area contributed by atoms with Crippen molar-refractivity contribution in [2.75, 3.05) is 0 Å². The second kappa shape index (κ2) is 6.01. The number of benzene rings is 3. The van der Waals surface area contributed by atoms with E-state index in [0.29, 0.717) is 27.3 Å². The average molecular weight is 420 g/mol. The van der Waals surface area contributed by atoms with Crippen LogP contribution >= 0.6 is 0 Å². The van der Waals surface area contributed by atoms with E-state index >= 15 is 0 Å². The predicted molar refractivity (Wildman–Crippen MR) is 117 cm³/mol. The van der Waals surface area contributed by atoms with Gasteiger partial charge in [0.05, 0.1) is 27.5 Å². The summed E-state index contributed by atoms with van der Waals surface area (Å²) in [4.78, 5) is 32.1. The van der Waals surface area contributed by atoms with Crippen LogP contribution in [0.5, 0.6) is 0 Å². The highest BCUT2D eigenvalue weighted by Crippen LogP contribution is 2.25. The zero-order chi connectivity index (χ0) is 21.4. The summed E-state index contributed by atoms with van der Waals surface area (Å²) < 4.78 is 33.0. The van der Waals surface area contributed by atoms with Crippen LogP contribution in [0.15, 0.2) is 56.9 Å². The molecule has 8 heteroatoms. The smallest absolute Gasteiger partial charge is 0.295 e. The molecule has 0 fully saturated rings. The molecule has 3 N–H and O–H groups in total. The van der Waals surface area contributed by atoms with Crippen molar-refractivity contribution in [1.29, 1.82) is 0 Å². The summed E-state index contributed by atoms with van der Waals surface area (Å²) in [5.41, 5.74) is 2.96. The van der Waals surface area contributed by atoms with E-state index in [-0.39, 0.29) is 21.7 Å². The monoisotopic (exact) mass is 420 g/mol. The third-order valence-electron chi connectivity index (χ3n) is 5.42. The van der Waals surface area contributed by atoms with E-state index in [2.05, 4.69) is 9.97 Å². The molecule has 150 valence electrons. The predicted octanol–water partition coefficient (Wildman–Crippen LogP) is 3.54. The van der Waals surface area contributed by atoms with E-state index in [4.69, 9.17) is 0 Å². The van der Waals surface area contributed by atoms with Gasteiger partial charge in [-0.1, -0.05) is 12.1 Å². The highest BCUT2D eigenvalue weighted by atomic mass is 32.2. The van der Waals surface area contributed by atoms with Gasteiger partial charge in [0.2, 0.25) is 0 Å². The number of hydrogen-bond acceptors (Lipinski definition) is 4. The molecule has 0 bridgehead atoms. The van der Waals surface area contributed by atoms with Gasteiger partial charge in [-0.25, -0.2) is 0 Å². The highest BCUT2D eigenvalue weighted by Gasteiger charge is 2.19. The molecular formula is C22H16N2O5S. The van der Waals surface area contributed by atoms with Crippen LogP contribution in [0.1, 0.15) is 11.1 Å². The molecule has 0 aliphatic carbocycles. The molecule has 5 rings (SSSR count). The first-order chi connectivity index (χ1) is 14.1. The van der Waals surface area contributed by atoms with E-state index in [1.807, 2.05) is 26.0 Å². The first-order valence-corrected chi connectivity index (χ1v) is 10.6. The molecule has 0 amide bonds. The first kappa shape index (κ1) is 18.5. The molecule has 2 heterocycles. The molecule has 0 spiro atoms. The lowest BCUT2D eigenvalue weighted by atomic mass is 10.0. The summed E-state index contributed by atoms with van der Waals surface area (Å²) in [5.74, 6) is 0. The fourth-order valence-electron chi connectivity index (χ4n) is 4.19. The lowest BCUT2D eigenvalue weighted by molar-refractivity contribution is 0.484. The number of aromatic nitrogens is 2. The number of rotatable bonds is 1. The zero-order valence-electron chi connectivity index (χ0n) is 16.0. The van der Waals surface area contributed by atoms with Gasteiger partial charge in [0.1, 0.15) is 4.90 Å². The summed E-state index contributed by atoms with van der Waals surface area (Å²) in [6, 6.07) is 11.1. The van der Waals surface area contributed by atoms with Gasteiger partial charge in [-0.2, -0.15) is 8.42 Å². The van der Waals surface area contributed by atoms with Crippen LogP contribution in [0, 0.1) is 13.8 Å². The molecule has 0 atom stereocenters. The second-order valence-electron chi connectivity index (χ2n) is 7.51. The maximum absolute atomic E-state index is 13.2. The van der Waals surface area contributed by atoms with E-state index < -0.39 is 20.4 Å². The van der Waals surface area contributed by atoms with Crippen molar-refractivity contribution in [3.63, 3.8) is 0 Å². The van der Waals surface area contributed by atoms with Crippen LogP contribution < -0.4 is 10.9 Å². The van der Waals surface area contributed by atoms with Gasteiger partial charge < -0.3 is 9.97 Å². The minimum absolute atomic E-state index is 0.123. The zero-order valence-corrected chi connectivity index (χ0v) is 16.8. The van der Waals surface area contributed by atoms with Crippen LogP contribution in [-0.4, -0.2) is 22.9 Å². The standard InChI is InChI=1S/C22H16N2O5S/c1-10-6-11(2)19-17(7-10)24-16-9-13-15(8-12(16)21(19)25)23-14-4-3-5-18(30(27,28)29)20(14)22(13)26/h3-9H,1-2H3,(H,23,26)(H,24,25)(H,27,28,29). The maximum Gasteiger partial charge on any atom is 0.295 e. The molecule has 0 saturated heterocycles. The third-order valence-corrected chi connectivity index (χ3v) is 6.32. The Morgan fingerprint density at radius 1 is 0.767 bits per heavy atom. The van der Waals surface area contributed by atoms with Crippen molar-refractivity contribution in [2.24, 2.45) is 0 Å². The molecule has 0 aliphatic rings. The lowest BCUT2D eigenvalue weighted by Crippen LogP contribution is -2.11. The molecule has 0 aliphatic heterocycles. The largest absolute Gasteiger partial charge is 0.354 e. The molecule has 30 heavy (non-hydrogen) atoms. The number of hydrogen-bond donors (Lipinski definition) is 3. The van der Waals surface area contributed by atoms with Crippen molar-refractivity contribution in [3.8, 4) is 0 Å². The Morgan fingerprint density at radius 2 is 1.37 bits per heavy atom. The Morgan fingerprint density at radius 3 is 2.00 bits per heavy atom.